The Kier molecular flexibility index (Phi) is 25.9. The highest BCUT2D eigenvalue weighted by molar-refractivity contribution is 5.99. The second-order valence-electron chi connectivity index (χ2n) is 23.5. The van der Waals surface area contributed by atoms with E-state index in [4.69, 9.17) is 4.74 Å². The monoisotopic (exact) mass is 1110 g/mol. The van der Waals surface area contributed by atoms with Gasteiger partial charge in [0, 0.05) is 54.7 Å². The molecule has 5 N–H and O–H groups in total. The van der Waals surface area contributed by atoms with E-state index in [-0.39, 0.29) is 37.7 Å². The molecule has 1 aromatic carbocycles. The highest BCUT2D eigenvalue weighted by Crippen LogP contribution is 2.22. The summed E-state index contributed by atoms with van der Waals surface area (Å²) >= 11 is 0. The van der Waals surface area contributed by atoms with Gasteiger partial charge < -0.3 is 60.5 Å². The van der Waals surface area contributed by atoms with Gasteiger partial charge in [-0.05, 0) is 90.0 Å². The van der Waals surface area contributed by atoms with Gasteiger partial charge in [0.1, 0.15) is 48.3 Å². The Bertz CT molecular complexity index is 2270. The molecule has 2 aliphatic rings. The number of likely N-dealkylation sites (N-methyl/N-ethyl adjacent to an activating group) is 5. The molecule has 0 aliphatic carbocycles. The first-order valence-corrected chi connectivity index (χ1v) is 28.0. The fourth-order valence-corrected chi connectivity index (χ4v) is 9.83. The van der Waals surface area contributed by atoms with E-state index in [0.717, 1.165) is 11.3 Å². The summed E-state index contributed by atoms with van der Waals surface area (Å²) < 4.78 is 6.09. The van der Waals surface area contributed by atoms with E-state index in [2.05, 4.69) is 21.3 Å². The lowest BCUT2D eigenvalue weighted by Crippen LogP contribution is -2.62. The Morgan fingerprint density at radius 3 is 1.75 bits per heavy atom. The minimum atomic E-state index is -1.60. The van der Waals surface area contributed by atoms with Crippen LogP contribution < -0.4 is 21.3 Å². The van der Waals surface area contributed by atoms with E-state index in [9.17, 15) is 53.1 Å². The van der Waals surface area contributed by atoms with Crippen molar-refractivity contribution in [2.75, 3.05) is 61.5 Å². The highest BCUT2D eigenvalue weighted by atomic mass is 16.5. The van der Waals surface area contributed by atoms with Crippen LogP contribution in [0.15, 0.2) is 30.3 Å². The van der Waals surface area contributed by atoms with E-state index < -0.39 is 138 Å². The molecule has 0 unspecified atom stereocenters. The molecule has 0 bridgehead atoms. The molecule has 444 valence electrons. The maximum Gasteiger partial charge on any atom is 0.248 e. The lowest BCUT2D eigenvalue weighted by Gasteiger charge is -2.37. The van der Waals surface area contributed by atoms with E-state index in [1.807, 2.05) is 34.6 Å². The van der Waals surface area contributed by atoms with Crippen molar-refractivity contribution in [3.63, 3.8) is 0 Å². The number of hydrogen-bond donors (Lipinski definition) is 5. The smallest absolute Gasteiger partial charge is 0.248 e. The Hall–Kier alpha value is -6.16. The first-order chi connectivity index (χ1) is 36.8. The van der Waals surface area contributed by atoms with Crippen molar-refractivity contribution in [1.29, 1.82) is 0 Å². The number of aliphatic hydroxyl groups excluding tert-OH is 1. The van der Waals surface area contributed by atoms with Gasteiger partial charge in [-0.3, -0.25) is 47.9 Å². The average molecular weight is 1110 g/mol. The molecule has 10 atom stereocenters. The Morgan fingerprint density at radius 1 is 0.671 bits per heavy atom. The number of aliphatic hydroxyl groups is 1. The predicted molar refractivity (Wildman–Crippen MR) is 298 cm³/mol. The van der Waals surface area contributed by atoms with Crippen LogP contribution in [-0.2, 0) is 59.1 Å². The molecule has 2 fully saturated rings. The van der Waals surface area contributed by atoms with Crippen LogP contribution in [0.4, 0.5) is 0 Å². The maximum absolute atomic E-state index is 14.9. The summed E-state index contributed by atoms with van der Waals surface area (Å²) in [5.41, 5.74) is -0.129. The lowest BCUT2D eigenvalue weighted by molar-refractivity contribution is -0.150. The van der Waals surface area contributed by atoms with Gasteiger partial charge in [0.2, 0.25) is 59.1 Å². The summed E-state index contributed by atoms with van der Waals surface area (Å²) in [6.45, 7) is 18.8. The lowest BCUT2D eigenvalue weighted by atomic mass is 9.95. The topological polar surface area (TPSA) is 268 Å². The first kappa shape index (κ1) is 67.1. The van der Waals surface area contributed by atoms with Crippen molar-refractivity contribution in [2.24, 2.45) is 17.8 Å². The largest absolute Gasteiger partial charge is 0.391 e. The minimum Gasteiger partial charge on any atom is -0.391 e. The molecule has 0 radical (unpaired) electrons. The van der Waals surface area contributed by atoms with Gasteiger partial charge in [0.05, 0.1) is 31.3 Å². The third kappa shape index (κ3) is 19.6. The maximum atomic E-state index is 14.9. The zero-order chi connectivity index (χ0) is 59.8. The molecule has 0 aromatic heterocycles. The van der Waals surface area contributed by atoms with Gasteiger partial charge in [-0.2, -0.15) is 0 Å². The van der Waals surface area contributed by atoms with E-state index in [1.165, 1.54) is 68.7 Å². The Labute approximate surface area is 468 Å². The van der Waals surface area contributed by atoms with Crippen molar-refractivity contribution in [3.05, 3.63) is 35.9 Å². The minimum absolute atomic E-state index is 0.0121. The highest BCUT2D eigenvalue weighted by Gasteiger charge is 2.42. The molecule has 22 nitrogen and oxygen atoms in total. The SMILES string of the molecule is CC[C@H](C)[C@H]1C(=O)N[C@H](C(=O)N2CCCCC2)CC(=O)N[C@H](C)C(=O)N(C)[C@@H](Cc2ccccc2)C(=O)N(C)[C@@H](CC(C)C)C(=O)N[C@@H]([C@@H](C)O)C(=O)N(C)CC(=O)N(C)[C@@H](CC(C)C)C(=O)N[C@@H](COC(C)(C)C)C(=O)N1C. The summed E-state index contributed by atoms with van der Waals surface area (Å²) in [6, 6.07) is -1.77. The molecule has 2 saturated heterocycles. The molecular formula is C57H94N10O12. The number of likely N-dealkylation sites (tertiary alicyclic amines) is 1. The van der Waals surface area contributed by atoms with Crippen molar-refractivity contribution in [2.45, 2.75) is 188 Å². The molecule has 3 rings (SSSR count). The molecule has 2 aliphatic heterocycles. The molecule has 0 spiro atoms. The van der Waals surface area contributed by atoms with Gasteiger partial charge in [-0.1, -0.05) is 78.3 Å². The third-order valence-electron chi connectivity index (χ3n) is 14.8. The summed E-state index contributed by atoms with van der Waals surface area (Å²) in [5.74, 6) is -8.06. The van der Waals surface area contributed by atoms with E-state index >= 15 is 0 Å². The third-order valence-corrected chi connectivity index (χ3v) is 14.8. The number of benzene rings is 1. The quantitative estimate of drug-likeness (QED) is 0.200. The summed E-state index contributed by atoms with van der Waals surface area (Å²) in [4.78, 5) is 153. The number of ether oxygens (including phenoxy) is 1. The number of piperidine rings is 1. The molecule has 2 heterocycles. The fourth-order valence-electron chi connectivity index (χ4n) is 9.83. The van der Waals surface area contributed by atoms with Crippen LogP contribution in [0, 0.1) is 17.8 Å². The van der Waals surface area contributed by atoms with Crippen LogP contribution >= 0.6 is 0 Å². The van der Waals surface area contributed by atoms with Crippen LogP contribution in [0.1, 0.15) is 127 Å². The van der Waals surface area contributed by atoms with Gasteiger partial charge in [0.25, 0.3) is 0 Å². The predicted octanol–water partition coefficient (Wildman–Crippen LogP) is 1.71. The average Bonchev–Trinajstić information content (AvgIpc) is 3.40. The number of amides is 10. The molecule has 1 aromatic rings. The van der Waals surface area contributed by atoms with Crippen molar-refractivity contribution in [3.8, 4) is 0 Å². The summed E-state index contributed by atoms with van der Waals surface area (Å²) in [6.07, 6.45) is 0.780. The van der Waals surface area contributed by atoms with Gasteiger partial charge >= 0.3 is 0 Å². The second-order valence-corrected chi connectivity index (χ2v) is 23.5. The normalized spacial score (nSPS) is 26.1. The number of carbonyl (C=O) groups excluding carboxylic acids is 10. The van der Waals surface area contributed by atoms with Crippen molar-refractivity contribution >= 4 is 59.1 Å². The van der Waals surface area contributed by atoms with E-state index in [1.54, 1.807) is 62.9 Å². The van der Waals surface area contributed by atoms with Crippen LogP contribution in [0.3, 0.4) is 0 Å². The fraction of sp³-hybridized carbons (Fsp3) is 0.719. The number of hydrogen-bond acceptors (Lipinski definition) is 12. The van der Waals surface area contributed by atoms with Gasteiger partial charge in [-0.15, -0.1) is 0 Å². The molecule has 0 saturated carbocycles. The molecular weight excluding hydrogens is 1020 g/mol. The van der Waals surface area contributed by atoms with Crippen LogP contribution in [0.2, 0.25) is 0 Å². The zero-order valence-electron chi connectivity index (χ0n) is 49.9. The Morgan fingerprint density at radius 2 is 1.22 bits per heavy atom. The van der Waals surface area contributed by atoms with Crippen molar-refractivity contribution < 1.29 is 57.8 Å². The Balaban J connectivity index is 2.29. The number of nitrogens with zero attached hydrogens (tertiary/aromatic N) is 6. The summed E-state index contributed by atoms with van der Waals surface area (Å²) in [7, 11) is 6.92. The van der Waals surface area contributed by atoms with Crippen LogP contribution in [0.25, 0.3) is 0 Å². The zero-order valence-corrected chi connectivity index (χ0v) is 49.9. The number of nitrogens with one attached hydrogen (secondary N) is 4. The van der Waals surface area contributed by atoms with Crippen LogP contribution in [-0.4, -0.2) is 215 Å². The molecule has 79 heavy (non-hydrogen) atoms. The second kappa shape index (κ2) is 30.4. The molecule has 10 amide bonds. The van der Waals surface area contributed by atoms with E-state index in [0.29, 0.717) is 37.9 Å². The van der Waals surface area contributed by atoms with Crippen molar-refractivity contribution in [1.82, 2.24) is 50.7 Å². The van der Waals surface area contributed by atoms with Gasteiger partial charge in [-0.25, -0.2) is 0 Å². The van der Waals surface area contributed by atoms with Crippen LogP contribution in [0.5, 0.6) is 0 Å². The van der Waals surface area contributed by atoms with Gasteiger partial charge in [0.15, 0.2) is 0 Å². The summed E-state index contributed by atoms with van der Waals surface area (Å²) in [5, 5.41) is 22.0. The number of carbonyl (C=O) groups is 10. The standard InChI is InChI=1S/C57H94N10O12/c1-17-36(6)48-51(73)59-40(54(76)67-26-22-19-23-27-67)31-45(69)58-37(7)52(74)65(15)44(30-39-24-20-18-21-25-39)55(77)64(14)43(29-35(4)5)50(72)61-47(38(8)68)56(78)62(12)32-46(70)63(13)42(28-34(2)3)49(71)60-41(53(75)66(48)16)33-79-57(9,10)11/h18,20-21,24-25,34-38,40-44,47-48,68H,17,19,22-23,26-33H2,1-16H3,(H,58,69)(H,59,73)(H,60,71)(H,61,72)/t36-,37+,38+,40-,41-,42-,43-,44-,47-,48-/m0/s1. The molecule has 22 heteroatoms. The number of rotatable bonds is 12. The first-order valence-electron chi connectivity index (χ1n) is 28.0.